The maximum absolute atomic E-state index is 13.3. The van der Waals surface area contributed by atoms with Crippen molar-refractivity contribution in [2.45, 2.75) is 69.7 Å². The molecule has 4 heteroatoms. The third kappa shape index (κ3) is 8.32. The predicted molar refractivity (Wildman–Crippen MR) is 147 cm³/mol. The predicted octanol–water partition coefficient (Wildman–Crippen LogP) is 5.81. The zero-order valence-corrected chi connectivity index (χ0v) is 21.5. The topological polar surface area (TPSA) is 41.6 Å². The summed E-state index contributed by atoms with van der Waals surface area (Å²) >= 11 is 0. The molecular formula is C32H40N2O2. The van der Waals surface area contributed by atoms with E-state index in [2.05, 4.69) is 83.0 Å². The molecule has 4 nitrogen and oxygen atoms in total. The fourth-order valence-corrected chi connectivity index (χ4v) is 5.15. The summed E-state index contributed by atoms with van der Waals surface area (Å²) in [5.74, 6) is 0.146. The Morgan fingerprint density at radius 2 is 1.33 bits per heavy atom. The first-order valence-electron chi connectivity index (χ1n) is 13.4. The molecule has 0 aromatic heterocycles. The number of hydrogen-bond acceptors (Lipinski definition) is 3. The first-order chi connectivity index (χ1) is 17.7. The Labute approximate surface area is 216 Å². The summed E-state index contributed by atoms with van der Waals surface area (Å²) < 4.78 is 6.15. The fourth-order valence-electron chi connectivity index (χ4n) is 5.15. The van der Waals surface area contributed by atoms with Crippen molar-refractivity contribution in [3.8, 4) is 0 Å². The molecule has 0 bridgehead atoms. The molecule has 0 spiro atoms. The lowest BCUT2D eigenvalue weighted by atomic mass is 9.98. The number of carbonyl (C=O) groups is 1. The van der Waals surface area contributed by atoms with Crippen molar-refractivity contribution in [1.29, 1.82) is 0 Å². The van der Waals surface area contributed by atoms with Crippen LogP contribution < -0.4 is 5.32 Å². The van der Waals surface area contributed by atoms with Crippen LogP contribution in [0.4, 0.5) is 0 Å². The van der Waals surface area contributed by atoms with Crippen molar-refractivity contribution in [1.82, 2.24) is 10.2 Å². The molecule has 190 valence electrons. The largest absolute Gasteiger partial charge is 0.372 e. The summed E-state index contributed by atoms with van der Waals surface area (Å²) in [7, 11) is 2.04. The van der Waals surface area contributed by atoms with Gasteiger partial charge >= 0.3 is 0 Å². The minimum Gasteiger partial charge on any atom is -0.372 e. The lowest BCUT2D eigenvalue weighted by Crippen LogP contribution is -2.45. The van der Waals surface area contributed by atoms with Gasteiger partial charge in [0.25, 0.3) is 0 Å². The molecule has 1 heterocycles. The SMILES string of the molecule is CN1C[C@H](OCc2ccccc2)C[C@H]1C(=O)NC(CCCc1ccccc1)CCCc1ccccc1. The van der Waals surface area contributed by atoms with E-state index < -0.39 is 0 Å². The number of ether oxygens (including phenoxy) is 1. The van der Waals surface area contributed by atoms with Crippen molar-refractivity contribution in [3.63, 3.8) is 0 Å². The Morgan fingerprint density at radius 1 is 0.833 bits per heavy atom. The normalized spacial score (nSPS) is 17.9. The first-order valence-corrected chi connectivity index (χ1v) is 13.4. The zero-order chi connectivity index (χ0) is 25.0. The van der Waals surface area contributed by atoms with Crippen LogP contribution in [0.3, 0.4) is 0 Å². The molecule has 1 aliphatic heterocycles. The van der Waals surface area contributed by atoms with Gasteiger partial charge in [-0.1, -0.05) is 91.0 Å². The minimum atomic E-state index is -0.128. The second-order valence-electron chi connectivity index (χ2n) is 10.1. The Morgan fingerprint density at radius 3 is 1.86 bits per heavy atom. The van der Waals surface area contributed by atoms with Gasteiger partial charge in [-0.15, -0.1) is 0 Å². The van der Waals surface area contributed by atoms with Crippen molar-refractivity contribution < 1.29 is 9.53 Å². The third-order valence-corrected chi connectivity index (χ3v) is 7.21. The number of carbonyl (C=O) groups excluding carboxylic acids is 1. The van der Waals surface area contributed by atoms with Gasteiger partial charge in [-0.3, -0.25) is 9.69 Å². The van der Waals surface area contributed by atoms with Gasteiger partial charge in [0.05, 0.1) is 18.8 Å². The van der Waals surface area contributed by atoms with E-state index in [4.69, 9.17) is 4.74 Å². The average Bonchev–Trinajstić information content (AvgIpc) is 3.29. The molecule has 1 amide bonds. The van der Waals surface area contributed by atoms with Crippen LogP contribution in [0, 0.1) is 0 Å². The number of benzene rings is 3. The van der Waals surface area contributed by atoms with E-state index >= 15 is 0 Å². The smallest absolute Gasteiger partial charge is 0.237 e. The van der Waals surface area contributed by atoms with Crippen LogP contribution in [-0.4, -0.2) is 42.6 Å². The number of aryl methyl sites for hydroxylation is 2. The molecule has 4 rings (SSSR count). The second kappa shape index (κ2) is 14.0. The highest BCUT2D eigenvalue weighted by molar-refractivity contribution is 5.82. The standard InChI is InChI=1S/C32H40N2O2/c1-34-24-30(36-25-28-17-9-4-10-18-28)23-31(34)32(35)33-29(21-11-19-26-13-5-2-6-14-26)22-12-20-27-15-7-3-8-16-27/h2-10,13-18,29-31H,11-12,19-25H2,1H3,(H,33,35)/t30-,31+/m1/s1. The van der Waals surface area contributed by atoms with Gasteiger partial charge in [-0.25, -0.2) is 0 Å². The van der Waals surface area contributed by atoms with Crippen LogP contribution in [0.1, 0.15) is 48.8 Å². The lowest BCUT2D eigenvalue weighted by molar-refractivity contribution is -0.126. The Bertz CT molecular complexity index is 980. The monoisotopic (exact) mass is 484 g/mol. The Kier molecular flexibility index (Phi) is 10.1. The van der Waals surface area contributed by atoms with Gasteiger partial charge in [-0.05, 0) is 68.7 Å². The first kappa shape index (κ1) is 26.1. The van der Waals surface area contributed by atoms with Crippen molar-refractivity contribution in [3.05, 3.63) is 108 Å². The van der Waals surface area contributed by atoms with Gasteiger partial charge in [0.2, 0.25) is 5.91 Å². The Balaban J connectivity index is 1.28. The molecular weight excluding hydrogens is 444 g/mol. The molecule has 2 atom stereocenters. The number of rotatable bonds is 13. The van der Waals surface area contributed by atoms with Gasteiger partial charge in [0.1, 0.15) is 0 Å². The summed E-state index contributed by atoms with van der Waals surface area (Å²) in [5.41, 5.74) is 3.89. The van der Waals surface area contributed by atoms with E-state index in [1.807, 2.05) is 25.2 Å². The van der Waals surface area contributed by atoms with Crippen molar-refractivity contribution in [2.75, 3.05) is 13.6 Å². The molecule has 1 fully saturated rings. The summed E-state index contributed by atoms with van der Waals surface area (Å²) in [6.45, 7) is 1.38. The van der Waals surface area contributed by atoms with E-state index in [1.54, 1.807) is 0 Å². The van der Waals surface area contributed by atoms with Gasteiger partial charge < -0.3 is 10.1 Å². The molecule has 1 N–H and O–H groups in total. The van der Waals surface area contributed by atoms with Gasteiger partial charge in [0.15, 0.2) is 0 Å². The lowest BCUT2D eigenvalue weighted by Gasteiger charge is -2.24. The molecule has 1 aliphatic rings. The zero-order valence-electron chi connectivity index (χ0n) is 21.5. The summed E-state index contributed by atoms with van der Waals surface area (Å²) in [6.07, 6.45) is 7.07. The minimum absolute atomic E-state index is 0.0839. The molecule has 1 saturated heterocycles. The number of likely N-dealkylation sites (tertiary alicyclic amines) is 1. The van der Waals surface area contributed by atoms with Crippen molar-refractivity contribution >= 4 is 5.91 Å². The third-order valence-electron chi connectivity index (χ3n) is 7.21. The van der Waals surface area contributed by atoms with Crippen LogP contribution in [0.25, 0.3) is 0 Å². The number of amides is 1. The van der Waals surface area contributed by atoms with E-state index in [-0.39, 0.29) is 24.1 Å². The Hall–Kier alpha value is -2.95. The second-order valence-corrected chi connectivity index (χ2v) is 10.1. The highest BCUT2D eigenvalue weighted by atomic mass is 16.5. The molecule has 0 unspecified atom stereocenters. The number of likely N-dealkylation sites (N-methyl/N-ethyl adjacent to an activating group) is 1. The molecule has 0 aliphatic carbocycles. The highest BCUT2D eigenvalue weighted by Gasteiger charge is 2.35. The van der Waals surface area contributed by atoms with Crippen LogP contribution in [0.15, 0.2) is 91.0 Å². The molecule has 0 saturated carbocycles. The van der Waals surface area contributed by atoms with Crippen molar-refractivity contribution in [2.24, 2.45) is 0 Å². The average molecular weight is 485 g/mol. The van der Waals surface area contributed by atoms with Crippen LogP contribution in [0.5, 0.6) is 0 Å². The van der Waals surface area contributed by atoms with E-state index in [1.165, 1.54) is 16.7 Å². The quantitative estimate of drug-likeness (QED) is 0.333. The summed E-state index contributed by atoms with van der Waals surface area (Å²) in [4.78, 5) is 15.5. The van der Waals surface area contributed by atoms with E-state index in [0.717, 1.165) is 51.5 Å². The van der Waals surface area contributed by atoms with E-state index in [0.29, 0.717) is 6.61 Å². The molecule has 0 radical (unpaired) electrons. The van der Waals surface area contributed by atoms with Gasteiger partial charge in [0, 0.05) is 12.6 Å². The van der Waals surface area contributed by atoms with Crippen LogP contribution in [-0.2, 0) is 29.0 Å². The van der Waals surface area contributed by atoms with E-state index in [9.17, 15) is 4.79 Å². The van der Waals surface area contributed by atoms with Gasteiger partial charge in [-0.2, -0.15) is 0 Å². The highest BCUT2D eigenvalue weighted by Crippen LogP contribution is 2.21. The maximum atomic E-state index is 13.3. The summed E-state index contributed by atoms with van der Waals surface area (Å²) in [6, 6.07) is 31.6. The summed E-state index contributed by atoms with van der Waals surface area (Å²) in [5, 5.41) is 3.42. The van der Waals surface area contributed by atoms with Crippen LogP contribution in [0.2, 0.25) is 0 Å². The maximum Gasteiger partial charge on any atom is 0.237 e. The molecule has 36 heavy (non-hydrogen) atoms. The number of nitrogens with one attached hydrogen (secondary N) is 1. The number of nitrogens with zero attached hydrogens (tertiary/aromatic N) is 1. The fraction of sp³-hybridized carbons (Fsp3) is 0.406. The number of hydrogen-bond donors (Lipinski definition) is 1. The molecule has 3 aromatic rings. The van der Waals surface area contributed by atoms with Crippen LogP contribution >= 0.6 is 0 Å². The molecule has 3 aromatic carbocycles.